The van der Waals surface area contributed by atoms with Crippen molar-refractivity contribution in [2.45, 2.75) is 18.9 Å². The lowest BCUT2D eigenvalue weighted by atomic mass is 10.1. The number of nitrogens with zero attached hydrogens (tertiary/aromatic N) is 1. The first kappa shape index (κ1) is 14.5. The number of sulfone groups is 1. The van der Waals surface area contributed by atoms with Crippen LogP contribution in [0.1, 0.15) is 12.8 Å². The number of hydrogen-bond acceptors (Lipinski definition) is 7. The fraction of sp³-hybridized carbons (Fsp3) is 0.455. The maximum Gasteiger partial charge on any atom is 0.316 e. The quantitative estimate of drug-likeness (QED) is 0.427. The number of nitrogen functional groups attached to an aromatic ring is 1. The highest BCUT2D eigenvalue weighted by Crippen LogP contribution is 2.33. The van der Waals surface area contributed by atoms with Crippen molar-refractivity contribution in [3.05, 3.63) is 28.3 Å². The number of nitro groups is 1. The largest absolute Gasteiger partial charge is 0.376 e. The van der Waals surface area contributed by atoms with Gasteiger partial charge in [0.15, 0.2) is 9.84 Å². The Hall–Kier alpha value is -1.87. The second-order valence-electron chi connectivity index (χ2n) is 4.70. The van der Waals surface area contributed by atoms with E-state index in [9.17, 15) is 18.5 Å². The van der Waals surface area contributed by atoms with Crippen molar-refractivity contribution in [3.63, 3.8) is 0 Å². The molecule has 1 atom stereocenters. The summed E-state index contributed by atoms with van der Waals surface area (Å²) in [6, 6.07) is 4.32. The molecule has 0 amide bonds. The van der Waals surface area contributed by atoms with Gasteiger partial charge in [-0.3, -0.25) is 16.0 Å². The van der Waals surface area contributed by atoms with Crippen LogP contribution >= 0.6 is 0 Å². The molecular weight excluding hydrogens is 284 g/mol. The molecule has 1 heterocycles. The molecule has 0 spiro atoms. The van der Waals surface area contributed by atoms with Crippen LogP contribution in [0.4, 0.5) is 17.1 Å². The summed E-state index contributed by atoms with van der Waals surface area (Å²) in [4.78, 5) is 10.6. The molecule has 2 rings (SSSR count). The van der Waals surface area contributed by atoms with Gasteiger partial charge in [0.05, 0.1) is 16.4 Å². The van der Waals surface area contributed by atoms with E-state index in [1.807, 2.05) is 0 Å². The summed E-state index contributed by atoms with van der Waals surface area (Å²) >= 11 is 0. The second kappa shape index (κ2) is 5.63. The Bertz CT molecular complexity index is 617. The third-order valence-corrected chi connectivity index (χ3v) is 5.02. The summed E-state index contributed by atoms with van der Waals surface area (Å²) in [5, 5.41) is 14.1. The molecule has 9 heteroatoms. The normalized spacial score (nSPS) is 21.1. The Morgan fingerprint density at radius 1 is 1.35 bits per heavy atom. The Morgan fingerprint density at radius 3 is 2.65 bits per heavy atom. The number of nitro benzene ring substituents is 1. The molecule has 0 radical (unpaired) electrons. The van der Waals surface area contributed by atoms with E-state index < -0.39 is 14.8 Å². The number of para-hydroxylation sites is 1. The van der Waals surface area contributed by atoms with Crippen LogP contribution in [0.15, 0.2) is 18.2 Å². The van der Waals surface area contributed by atoms with Gasteiger partial charge in [-0.15, -0.1) is 0 Å². The van der Waals surface area contributed by atoms with Crippen molar-refractivity contribution in [1.82, 2.24) is 0 Å². The minimum atomic E-state index is -3.07. The summed E-state index contributed by atoms with van der Waals surface area (Å²) in [7, 11) is -3.07. The summed E-state index contributed by atoms with van der Waals surface area (Å²) in [6.07, 6.45) is 1.22. The zero-order valence-electron chi connectivity index (χ0n) is 10.7. The van der Waals surface area contributed by atoms with E-state index in [-0.39, 0.29) is 34.6 Å². The second-order valence-corrected chi connectivity index (χ2v) is 6.93. The molecule has 0 saturated carbocycles. The van der Waals surface area contributed by atoms with E-state index in [1.165, 1.54) is 6.07 Å². The molecule has 110 valence electrons. The monoisotopic (exact) mass is 300 g/mol. The van der Waals surface area contributed by atoms with E-state index >= 15 is 0 Å². The van der Waals surface area contributed by atoms with Crippen molar-refractivity contribution in [2.75, 3.05) is 22.2 Å². The summed E-state index contributed by atoms with van der Waals surface area (Å²) in [6.45, 7) is 0. The average Bonchev–Trinajstić information content (AvgIpc) is 2.36. The zero-order chi connectivity index (χ0) is 14.8. The van der Waals surface area contributed by atoms with Gasteiger partial charge in [-0.2, -0.15) is 0 Å². The summed E-state index contributed by atoms with van der Waals surface area (Å²) < 4.78 is 23.2. The van der Waals surface area contributed by atoms with E-state index in [1.54, 1.807) is 12.1 Å². The van der Waals surface area contributed by atoms with Gasteiger partial charge in [0.2, 0.25) is 0 Å². The number of hydrogen-bond donors (Lipinski definition) is 3. The zero-order valence-corrected chi connectivity index (χ0v) is 11.5. The van der Waals surface area contributed by atoms with Crippen LogP contribution in [0.25, 0.3) is 0 Å². The molecule has 1 unspecified atom stereocenters. The van der Waals surface area contributed by atoms with Crippen molar-refractivity contribution >= 4 is 26.9 Å². The molecule has 1 aromatic carbocycles. The fourth-order valence-electron chi connectivity index (χ4n) is 2.33. The van der Waals surface area contributed by atoms with Crippen LogP contribution < -0.4 is 16.6 Å². The fourth-order valence-corrected chi connectivity index (χ4v) is 3.97. The maximum absolute atomic E-state index is 11.6. The Labute approximate surface area is 116 Å². The van der Waals surface area contributed by atoms with Crippen LogP contribution in [0.5, 0.6) is 0 Å². The molecular formula is C11H16N4O4S. The molecule has 0 aliphatic carbocycles. The predicted molar refractivity (Wildman–Crippen MR) is 76.2 cm³/mol. The lowest BCUT2D eigenvalue weighted by Crippen LogP contribution is -2.35. The highest BCUT2D eigenvalue weighted by molar-refractivity contribution is 7.91. The average molecular weight is 300 g/mol. The standard InChI is InChI=1S/C11H16N4O4S/c12-14-10-5-1-4-9(11(10)15(16)17)13-8-3-2-6-20(18,19)7-8/h1,4-5,8,13-14H,2-3,6-7,12H2. The minimum Gasteiger partial charge on any atom is -0.376 e. The van der Waals surface area contributed by atoms with Crippen molar-refractivity contribution in [2.24, 2.45) is 5.84 Å². The van der Waals surface area contributed by atoms with Gasteiger partial charge in [0.25, 0.3) is 0 Å². The molecule has 1 fully saturated rings. The van der Waals surface area contributed by atoms with E-state index in [4.69, 9.17) is 5.84 Å². The molecule has 0 aromatic heterocycles. The molecule has 0 bridgehead atoms. The van der Waals surface area contributed by atoms with Gasteiger partial charge < -0.3 is 10.7 Å². The smallest absolute Gasteiger partial charge is 0.316 e. The number of rotatable bonds is 4. The van der Waals surface area contributed by atoms with Crippen LogP contribution in [0.2, 0.25) is 0 Å². The van der Waals surface area contributed by atoms with Crippen molar-refractivity contribution < 1.29 is 13.3 Å². The lowest BCUT2D eigenvalue weighted by molar-refractivity contribution is -0.383. The number of nitrogens with one attached hydrogen (secondary N) is 2. The molecule has 1 aliphatic rings. The number of benzene rings is 1. The summed E-state index contributed by atoms with van der Waals surface area (Å²) in [5.74, 6) is 5.42. The first-order valence-corrected chi connectivity index (χ1v) is 7.96. The van der Waals surface area contributed by atoms with Gasteiger partial charge in [-0.05, 0) is 25.0 Å². The minimum absolute atomic E-state index is 0.00949. The molecule has 1 aromatic rings. The Balaban J connectivity index is 2.27. The van der Waals surface area contributed by atoms with Crippen LogP contribution in [-0.4, -0.2) is 30.9 Å². The van der Waals surface area contributed by atoms with E-state index in [0.717, 1.165) is 0 Å². The molecule has 1 saturated heterocycles. The van der Waals surface area contributed by atoms with Crippen molar-refractivity contribution in [1.29, 1.82) is 0 Å². The first-order chi connectivity index (χ1) is 9.43. The van der Waals surface area contributed by atoms with E-state index in [0.29, 0.717) is 12.8 Å². The number of nitrogens with two attached hydrogens (primary N) is 1. The van der Waals surface area contributed by atoms with Gasteiger partial charge in [0, 0.05) is 6.04 Å². The predicted octanol–water partition coefficient (Wildman–Crippen LogP) is 0.870. The van der Waals surface area contributed by atoms with Gasteiger partial charge in [-0.25, -0.2) is 8.42 Å². The molecule has 1 aliphatic heterocycles. The SMILES string of the molecule is NNc1cccc(NC2CCCS(=O)(=O)C2)c1[N+](=O)[O-]. The number of anilines is 2. The van der Waals surface area contributed by atoms with E-state index in [2.05, 4.69) is 10.7 Å². The van der Waals surface area contributed by atoms with Gasteiger partial charge >= 0.3 is 5.69 Å². The molecule has 20 heavy (non-hydrogen) atoms. The lowest BCUT2D eigenvalue weighted by Gasteiger charge is -2.24. The van der Waals surface area contributed by atoms with Gasteiger partial charge in [0.1, 0.15) is 11.4 Å². The number of hydrazine groups is 1. The highest BCUT2D eigenvalue weighted by atomic mass is 32.2. The maximum atomic E-state index is 11.6. The third kappa shape index (κ3) is 3.17. The Morgan fingerprint density at radius 2 is 2.05 bits per heavy atom. The summed E-state index contributed by atoms with van der Waals surface area (Å²) in [5.41, 5.74) is 2.54. The van der Waals surface area contributed by atoms with Gasteiger partial charge in [-0.1, -0.05) is 6.07 Å². The van der Waals surface area contributed by atoms with Crippen molar-refractivity contribution in [3.8, 4) is 0 Å². The third-order valence-electron chi connectivity index (χ3n) is 3.20. The first-order valence-electron chi connectivity index (χ1n) is 6.14. The molecule has 4 N–H and O–H groups in total. The van der Waals surface area contributed by atoms with Crippen LogP contribution in [0.3, 0.4) is 0 Å². The van der Waals surface area contributed by atoms with Crippen LogP contribution in [-0.2, 0) is 9.84 Å². The molecule has 8 nitrogen and oxygen atoms in total. The highest BCUT2D eigenvalue weighted by Gasteiger charge is 2.27. The Kier molecular flexibility index (Phi) is 4.09. The van der Waals surface area contributed by atoms with Crippen LogP contribution in [0, 0.1) is 10.1 Å². The topological polar surface area (TPSA) is 127 Å².